The van der Waals surface area contributed by atoms with Crippen LogP contribution < -0.4 is 0 Å². The summed E-state index contributed by atoms with van der Waals surface area (Å²) in [4.78, 5) is 19.7. The van der Waals surface area contributed by atoms with E-state index in [1.807, 2.05) is 20.8 Å². The molecule has 5 nitrogen and oxygen atoms in total. The first-order chi connectivity index (χ1) is 11.3. The molecular formula is C19H27N3O2. The van der Waals surface area contributed by atoms with Gasteiger partial charge in [-0.2, -0.15) is 0 Å². The molecule has 0 bridgehead atoms. The Morgan fingerprint density at radius 1 is 1.17 bits per heavy atom. The van der Waals surface area contributed by atoms with Crippen LogP contribution >= 0.6 is 0 Å². The van der Waals surface area contributed by atoms with E-state index in [0.717, 1.165) is 32.7 Å². The van der Waals surface area contributed by atoms with Crippen molar-refractivity contribution in [1.82, 2.24) is 14.8 Å². The van der Waals surface area contributed by atoms with E-state index in [4.69, 9.17) is 4.74 Å². The molecule has 1 aliphatic heterocycles. The number of carbonyl (C=O) groups excluding carboxylic acids is 1. The van der Waals surface area contributed by atoms with Crippen LogP contribution in [0.15, 0.2) is 24.3 Å². The molecule has 1 amide bonds. The highest BCUT2D eigenvalue weighted by atomic mass is 16.6. The van der Waals surface area contributed by atoms with Crippen LogP contribution in [0.2, 0.25) is 0 Å². The first kappa shape index (κ1) is 16.8. The van der Waals surface area contributed by atoms with Crippen LogP contribution in [-0.2, 0) is 11.3 Å². The number of H-pyrrole nitrogens is 1. The first-order valence-corrected chi connectivity index (χ1v) is 8.59. The summed E-state index contributed by atoms with van der Waals surface area (Å²) >= 11 is 0. The van der Waals surface area contributed by atoms with Gasteiger partial charge in [0.2, 0.25) is 0 Å². The second-order valence-electron chi connectivity index (χ2n) is 7.62. The molecule has 0 saturated carbocycles. The number of aromatic amines is 1. The van der Waals surface area contributed by atoms with Crippen molar-refractivity contribution in [3.8, 4) is 0 Å². The summed E-state index contributed by atoms with van der Waals surface area (Å²) in [5, 5.41) is 1.26. The summed E-state index contributed by atoms with van der Waals surface area (Å²) in [5.74, 6) is 0. The van der Waals surface area contributed by atoms with Gasteiger partial charge in [0.1, 0.15) is 5.60 Å². The Kier molecular flexibility index (Phi) is 4.54. The fourth-order valence-corrected chi connectivity index (χ4v) is 3.10. The van der Waals surface area contributed by atoms with Gasteiger partial charge in [0.15, 0.2) is 0 Å². The molecular weight excluding hydrogens is 302 g/mol. The summed E-state index contributed by atoms with van der Waals surface area (Å²) in [7, 11) is 0. The molecule has 3 rings (SSSR count). The normalized spacial score (nSPS) is 16.6. The molecule has 0 aliphatic carbocycles. The van der Waals surface area contributed by atoms with Crippen molar-refractivity contribution < 1.29 is 9.53 Å². The summed E-state index contributed by atoms with van der Waals surface area (Å²) in [6.07, 6.45) is -0.202. The van der Waals surface area contributed by atoms with Gasteiger partial charge in [-0.25, -0.2) is 4.79 Å². The minimum atomic E-state index is -0.432. The first-order valence-electron chi connectivity index (χ1n) is 8.59. The Balaban J connectivity index is 1.55. The second-order valence-corrected chi connectivity index (χ2v) is 7.62. The van der Waals surface area contributed by atoms with E-state index in [-0.39, 0.29) is 6.09 Å². The van der Waals surface area contributed by atoms with Gasteiger partial charge in [0, 0.05) is 43.9 Å². The average Bonchev–Trinajstić information content (AvgIpc) is 2.85. The van der Waals surface area contributed by atoms with Crippen molar-refractivity contribution in [2.24, 2.45) is 0 Å². The zero-order chi connectivity index (χ0) is 17.3. The number of carbonyl (C=O) groups is 1. The average molecular weight is 329 g/mol. The Morgan fingerprint density at radius 2 is 1.88 bits per heavy atom. The summed E-state index contributed by atoms with van der Waals surface area (Å²) in [6.45, 7) is 11.9. The number of rotatable bonds is 2. The molecule has 0 spiro atoms. The van der Waals surface area contributed by atoms with E-state index in [1.165, 1.54) is 22.2 Å². The zero-order valence-electron chi connectivity index (χ0n) is 15.1. The Morgan fingerprint density at radius 3 is 2.54 bits per heavy atom. The molecule has 0 radical (unpaired) electrons. The molecule has 2 heterocycles. The number of nitrogens with zero attached hydrogens (tertiary/aromatic N) is 2. The molecule has 1 saturated heterocycles. The molecule has 0 atom stereocenters. The Bertz CT molecular complexity index is 722. The third kappa shape index (κ3) is 4.09. The van der Waals surface area contributed by atoms with Crippen LogP contribution in [0.4, 0.5) is 4.79 Å². The molecule has 1 fully saturated rings. The van der Waals surface area contributed by atoms with Gasteiger partial charge in [0.25, 0.3) is 0 Å². The van der Waals surface area contributed by atoms with Crippen LogP contribution in [0.3, 0.4) is 0 Å². The van der Waals surface area contributed by atoms with Crippen molar-refractivity contribution in [2.75, 3.05) is 26.2 Å². The highest BCUT2D eigenvalue weighted by molar-refractivity contribution is 5.81. The topological polar surface area (TPSA) is 48.6 Å². The molecule has 1 aliphatic rings. The summed E-state index contributed by atoms with van der Waals surface area (Å²) < 4.78 is 5.45. The number of fused-ring (bicyclic) bond motifs is 1. The van der Waals surface area contributed by atoms with Gasteiger partial charge in [-0.05, 0) is 56.8 Å². The minimum absolute atomic E-state index is 0.202. The molecule has 5 heteroatoms. The van der Waals surface area contributed by atoms with E-state index in [0.29, 0.717) is 0 Å². The second kappa shape index (κ2) is 6.48. The molecule has 2 aromatic rings. The highest BCUT2D eigenvalue weighted by Gasteiger charge is 2.25. The lowest BCUT2D eigenvalue weighted by Gasteiger charge is -2.35. The van der Waals surface area contributed by atoms with E-state index >= 15 is 0 Å². The number of hydrogen-bond acceptors (Lipinski definition) is 3. The summed E-state index contributed by atoms with van der Waals surface area (Å²) in [5.41, 5.74) is 3.25. The minimum Gasteiger partial charge on any atom is -0.444 e. The van der Waals surface area contributed by atoms with Gasteiger partial charge < -0.3 is 14.6 Å². The van der Waals surface area contributed by atoms with Gasteiger partial charge >= 0.3 is 6.09 Å². The largest absolute Gasteiger partial charge is 0.444 e. The maximum atomic E-state index is 12.1. The third-order valence-corrected chi connectivity index (χ3v) is 4.25. The van der Waals surface area contributed by atoms with Crippen LogP contribution in [0.25, 0.3) is 10.9 Å². The molecule has 130 valence electrons. The van der Waals surface area contributed by atoms with Gasteiger partial charge in [-0.1, -0.05) is 6.07 Å². The molecule has 0 unspecified atom stereocenters. The highest BCUT2D eigenvalue weighted by Crippen LogP contribution is 2.19. The van der Waals surface area contributed by atoms with Crippen molar-refractivity contribution in [3.05, 3.63) is 35.5 Å². The number of piperazine rings is 1. The fourth-order valence-electron chi connectivity index (χ4n) is 3.10. The zero-order valence-corrected chi connectivity index (χ0v) is 15.1. The number of aromatic nitrogens is 1. The van der Waals surface area contributed by atoms with Gasteiger partial charge in [-0.3, -0.25) is 4.90 Å². The van der Waals surface area contributed by atoms with Crippen LogP contribution in [0.1, 0.15) is 32.0 Å². The van der Waals surface area contributed by atoms with Crippen LogP contribution in [-0.4, -0.2) is 52.7 Å². The maximum absolute atomic E-state index is 12.1. The number of amides is 1. The van der Waals surface area contributed by atoms with E-state index in [2.05, 4.69) is 41.1 Å². The molecule has 24 heavy (non-hydrogen) atoms. The fraction of sp³-hybridized carbons (Fsp3) is 0.526. The lowest BCUT2D eigenvalue weighted by atomic mass is 10.1. The van der Waals surface area contributed by atoms with Crippen LogP contribution in [0.5, 0.6) is 0 Å². The molecule has 1 N–H and O–H groups in total. The van der Waals surface area contributed by atoms with Crippen LogP contribution in [0, 0.1) is 6.92 Å². The lowest BCUT2D eigenvalue weighted by molar-refractivity contribution is 0.0139. The van der Waals surface area contributed by atoms with E-state index in [9.17, 15) is 4.79 Å². The molecule has 1 aromatic carbocycles. The van der Waals surface area contributed by atoms with Crippen molar-refractivity contribution in [3.63, 3.8) is 0 Å². The smallest absolute Gasteiger partial charge is 0.410 e. The number of nitrogens with one attached hydrogen (secondary N) is 1. The van der Waals surface area contributed by atoms with Gasteiger partial charge in [0.05, 0.1) is 0 Å². The Hall–Kier alpha value is -2.01. The predicted octanol–water partition coefficient (Wildman–Crippen LogP) is 3.53. The summed E-state index contributed by atoms with van der Waals surface area (Å²) in [6, 6.07) is 8.76. The lowest BCUT2D eigenvalue weighted by Crippen LogP contribution is -2.49. The molecule has 1 aromatic heterocycles. The maximum Gasteiger partial charge on any atom is 0.410 e. The standard InChI is InChI=1S/C19H27N3O2/c1-14-11-16-12-15(5-6-17(16)20-14)13-21-7-9-22(10-8-21)18(23)24-19(2,3)4/h5-6,11-12,20H,7-10,13H2,1-4H3. The van der Waals surface area contributed by atoms with Crippen molar-refractivity contribution in [1.29, 1.82) is 0 Å². The third-order valence-electron chi connectivity index (χ3n) is 4.25. The number of aryl methyl sites for hydroxylation is 1. The predicted molar refractivity (Wildman–Crippen MR) is 96.1 cm³/mol. The Labute approximate surface area is 143 Å². The van der Waals surface area contributed by atoms with Crippen molar-refractivity contribution in [2.45, 2.75) is 39.8 Å². The van der Waals surface area contributed by atoms with Gasteiger partial charge in [-0.15, -0.1) is 0 Å². The van der Waals surface area contributed by atoms with Crippen molar-refractivity contribution >= 4 is 17.0 Å². The number of ether oxygens (including phenoxy) is 1. The van der Waals surface area contributed by atoms with E-state index in [1.54, 1.807) is 4.90 Å². The number of hydrogen-bond donors (Lipinski definition) is 1. The SMILES string of the molecule is Cc1cc2cc(CN3CCN(C(=O)OC(C)(C)C)CC3)ccc2[nH]1. The number of benzene rings is 1. The van der Waals surface area contributed by atoms with E-state index < -0.39 is 5.60 Å². The quantitative estimate of drug-likeness (QED) is 0.917. The monoisotopic (exact) mass is 329 g/mol.